The fraction of sp³-hybridized carbons (Fsp3) is 0. The summed E-state index contributed by atoms with van der Waals surface area (Å²) in [5.74, 6) is -1.11. The third kappa shape index (κ3) is 3.05. The Kier molecular flexibility index (Phi) is 3.85. The van der Waals surface area contributed by atoms with Crippen molar-refractivity contribution < 1.29 is 14.8 Å². The van der Waals surface area contributed by atoms with E-state index in [4.69, 9.17) is 0 Å². The number of benzene rings is 1. The third-order valence-corrected chi connectivity index (χ3v) is 2.61. The van der Waals surface area contributed by atoms with Crippen LogP contribution in [0.2, 0.25) is 0 Å². The number of pyridine rings is 1. The van der Waals surface area contributed by atoms with Gasteiger partial charge in [-0.2, -0.15) is 0 Å². The molecule has 6 nitrogen and oxygen atoms in total. The van der Waals surface area contributed by atoms with E-state index in [1.165, 1.54) is 36.5 Å². The van der Waals surface area contributed by atoms with Gasteiger partial charge < -0.3 is 5.11 Å². The zero-order valence-electron chi connectivity index (χ0n) is 10.3. The van der Waals surface area contributed by atoms with Gasteiger partial charge in [0.15, 0.2) is 0 Å². The van der Waals surface area contributed by atoms with Gasteiger partial charge in [0.25, 0.3) is 5.69 Å². The van der Waals surface area contributed by atoms with Gasteiger partial charge >= 0.3 is 5.97 Å². The summed E-state index contributed by atoms with van der Waals surface area (Å²) in [4.78, 5) is 25.2. The minimum absolute atomic E-state index is 0.0490. The van der Waals surface area contributed by atoms with Crippen molar-refractivity contribution in [2.24, 2.45) is 0 Å². The van der Waals surface area contributed by atoms with E-state index in [1.807, 2.05) is 0 Å². The first-order valence-corrected chi connectivity index (χ1v) is 5.68. The molecule has 0 unspecified atom stereocenters. The number of nitro benzene ring substituents is 1. The minimum Gasteiger partial charge on any atom is -0.478 e. The van der Waals surface area contributed by atoms with Crippen LogP contribution in [0.4, 0.5) is 5.69 Å². The molecule has 1 N–H and O–H groups in total. The second kappa shape index (κ2) is 5.75. The fourth-order valence-corrected chi connectivity index (χ4v) is 1.66. The van der Waals surface area contributed by atoms with Crippen molar-refractivity contribution in [1.82, 2.24) is 4.98 Å². The van der Waals surface area contributed by atoms with Crippen LogP contribution in [0.3, 0.4) is 0 Å². The SMILES string of the molecule is O=C(O)/C(=C/c1cccnc1)c1ccc([N+](=O)[O-])cc1. The molecule has 1 heterocycles. The Morgan fingerprint density at radius 2 is 1.95 bits per heavy atom. The molecule has 100 valence electrons. The van der Waals surface area contributed by atoms with Crippen molar-refractivity contribution in [3.05, 3.63) is 70.0 Å². The number of carboxylic acid groups (broad SMARTS) is 1. The lowest BCUT2D eigenvalue weighted by molar-refractivity contribution is -0.384. The maximum atomic E-state index is 11.3. The Bertz CT molecular complexity index is 663. The van der Waals surface area contributed by atoms with E-state index in [-0.39, 0.29) is 11.3 Å². The average Bonchev–Trinajstić information content (AvgIpc) is 2.45. The van der Waals surface area contributed by atoms with Gasteiger partial charge in [-0.05, 0) is 35.4 Å². The van der Waals surface area contributed by atoms with Crippen LogP contribution < -0.4 is 0 Å². The number of carbonyl (C=O) groups is 1. The van der Waals surface area contributed by atoms with Gasteiger partial charge in [0, 0.05) is 24.5 Å². The lowest BCUT2D eigenvalue weighted by Crippen LogP contribution is -2.00. The Hall–Kier alpha value is -3.02. The molecule has 0 saturated heterocycles. The molecular formula is C14H10N2O4. The van der Waals surface area contributed by atoms with Gasteiger partial charge in [0.2, 0.25) is 0 Å². The summed E-state index contributed by atoms with van der Waals surface area (Å²) in [5, 5.41) is 19.8. The largest absolute Gasteiger partial charge is 0.478 e. The Morgan fingerprint density at radius 1 is 1.25 bits per heavy atom. The highest BCUT2D eigenvalue weighted by atomic mass is 16.6. The van der Waals surface area contributed by atoms with Gasteiger partial charge in [-0.25, -0.2) is 4.79 Å². The molecule has 2 aromatic rings. The van der Waals surface area contributed by atoms with E-state index in [2.05, 4.69) is 4.98 Å². The molecule has 0 saturated carbocycles. The predicted molar refractivity (Wildman–Crippen MR) is 72.8 cm³/mol. The van der Waals surface area contributed by atoms with Crippen molar-refractivity contribution in [1.29, 1.82) is 0 Å². The van der Waals surface area contributed by atoms with Crippen LogP contribution in [0, 0.1) is 10.1 Å². The number of non-ortho nitro benzene ring substituents is 1. The molecule has 0 radical (unpaired) electrons. The molecule has 0 atom stereocenters. The number of hydrogen-bond donors (Lipinski definition) is 1. The lowest BCUT2D eigenvalue weighted by atomic mass is 10.0. The number of rotatable bonds is 4. The molecule has 0 aliphatic rings. The van der Waals surface area contributed by atoms with E-state index in [0.29, 0.717) is 11.1 Å². The Balaban J connectivity index is 2.41. The summed E-state index contributed by atoms with van der Waals surface area (Å²) in [7, 11) is 0. The van der Waals surface area contributed by atoms with Crippen molar-refractivity contribution in [3.8, 4) is 0 Å². The molecule has 0 bridgehead atoms. The van der Waals surface area contributed by atoms with E-state index >= 15 is 0 Å². The highest BCUT2D eigenvalue weighted by molar-refractivity contribution is 6.20. The normalized spacial score (nSPS) is 11.1. The first-order chi connectivity index (χ1) is 9.58. The van der Waals surface area contributed by atoms with Crippen LogP contribution in [0.5, 0.6) is 0 Å². The van der Waals surface area contributed by atoms with Gasteiger partial charge in [0.1, 0.15) is 0 Å². The van der Waals surface area contributed by atoms with Crippen molar-refractivity contribution >= 4 is 23.3 Å². The first kappa shape index (κ1) is 13.4. The van der Waals surface area contributed by atoms with Gasteiger partial charge in [-0.1, -0.05) is 6.07 Å². The second-order valence-electron chi connectivity index (χ2n) is 3.95. The maximum absolute atomic E-state index is 11.3. The third-order valence-electron chi connectivity index (χ3n) is 2.61. The van der Waals surface area contributed by atoms with Crippen LogP contribution in [0.1, 0.15) is 11.1 Å². The topological polar surface area (TPSA) is 93.3 Å². The summed E-state index contributed by atoms with van der Waals surface area (Å²) in [6.07, 6.45) is 4.59. The summed E-state index contributed by atoms with van der Waals surface area (Å²) >= 11 is 0. The maximum Gasteiger partial charge on any atom is 0.336 e. The van der Waals surface area contributed by atoms with Crippen molar-refractivity contribution in [3.63, 3.8) is 0 Å². The molecule has 0 aliphatic heterocycles. The molecule has 20 heavy (non-hydrogen) atoms. The molecule has 0 fully saturated rings. The number of aliphatic carboxylic acids is 1. The molecule has 6 heteroatoms. The van der Waals surface area contributed by atoms with Crippen LogP contribution in [-0.4, -0.2) is 21.0 Å². The number of hydrogen-bond acceptors (Lipinski definition) is 4. The highest BCUT2D eigenvalue weighted by Gasteiger charge is 2.12. The number of carboxylic acids is 1. The van der Waals surface area contributed by atoms with Crippen molar-refractivity contribution in [2.45, 2.75) is 0 Å². The molecule has 0 spiro atoms. The predicted octanol–water partition coefficient (Wildman–Crippen LogP) is 2.62. The smallest absolute Gasteiger partial charge is 0.336 e. The quantitative estimate of drug-likeness (QED) is 0.523. The van der Waals surface area contributed by atoms with Crippen LogP contribution in [-0.2, 0) is 4.79 Å². The molecule has 0 aliphatic carbocycles. The van der Waals surface area contributed by atoms with Crippen LogP contribution in [0.15, 0.2) is 48.8 Å². The Morgan fingerprint density at radius 3 is 2.45 bits per heavy atom. The number of aromatic nitrogens is 1. The average molecular weight is 270 g/mol. The monoisotopic (exact) mass is 270 g/mol. The lowest BCUT2D eigenvalue weighted by Gasteiger charge is -2.03. The molecule has 1 aromatic carbocycles. The number of nitrogens with zero attached hydrogens (tertiary/aromatic N) is 2. The van der Waals surface area contributed by atoms with Gasteiger partial charge in [-0.15, -0.1) is 0 Å². The van der Waals surface area contributed by atoms with Crippen LogP contribution in [0.25, 0.3) is 11.6 Å². The summed E-state index contributed by atoms with van der Waals surface area (Å²) in [6, 6.07) is 8.79. The first-order valence-electron chi connectivity index (χ1n) is 5.68. The molecule has 2 rings (SSSR count). The summed E-state index contributed by atoms with van der Waals surface area (Å²) < 4.78 is 0. The molecule has 1 aromatic heterocycles. The van der Waals surface area contributed by atoms with Crippen LogP contribution >= 0.6 is 0 Å². The molecule has 0 amide bonds. The number of nitro groups is 1. The van der Waals surface area contributed by atoms with Gasteiger partial charge in [0.05, 0.1) is 10.5 Å². The fourth-order valence-electron chi connectivity index (χ4n) is 1.66. The van der Waals surface area contributed by atoms with E-state index in [1.54, 1.807) is 18.3 Å². The minimum atomic E-state index is -1.11. The second-order valence-corrected chi connectivity index (χ2v) is 3.95. The van der Waals surface area contributed by atoms with E-state index in [9.17, 15) is 20.0 Å². The van der Waals surface area contributed by atoms with E-state index in [0.717, 1.165) is 0 Å². The van der Waals surface area contributed by atoms with E-state index < -0.39 is 10.9 Å². The zero-order valence-corrected chi connectivity index (χ0v) is 10.3. The molecular weight excluding hydrogens is 260 g/mol. The Labute approximate surface area is 114 Å². The summed E-state index contributed by atoms with van der Waals surface area (Å²) in [6.45, 7) is 0. The standard InChI is InChI=1S/C14H10N2O4/c17-14(18)13(8-10-2-1-7-15-9-10)11-3-5-12(6-4-11)16(19)20/h1-9H,(H,17,18)/b13-8+. The zero-order chi connectivity index (χ0) is 14.5. The summed E-state index contributed by atoms with van der Waals surface area (Å²) in [5.41, 5.74) is 1.00. The highest BCUT2D eigenvalue weighted by Crippen LogP contribution is 2.21. The van der Waals surface area contributed by atoms with Crippen molar-refractivity contribution in [2.75, 3.05) is 0 Å². The van der Waals surface area contributed by atoms with Gasteiger partial charge in [-0.3, -0.25) is 15.1 Å².